The Balaban J connectivity index is 2.92. The van der Waals surface area contributed by atoms with Crippen molar-refractivity contribution in [3.05, 3.63) is 29.3 Å². The van der Waals surface area contributed by atoms with Gasteiger partial charge in [-0.15, -0.1) is 0 Å². The molecule has 3 nitrogen and oxygen atoms in total. The number of anilines is 1. The highest BCUT2D eigenvalue weighted by Gasteiger charge is 2.14. The number of nitrogen functional groups attached to an aromatic ring is 1. The number of benzene rings is 1. The largest absolute Gasteiger partial charge is 0.399 e. The van der Waals surface area contributed by atoms with E-state index in [9.17, 15) is 4.79 Å². The molecule has 1 rings (SSSR count). The van der Waals surface area contributed by atoms with Crippen molar-refractivity contribution >= 4 is 11.6 Å². The predicted octanol–water partition coefficient (Wildman–Crippen LogP) is 2.84. The Bertz CT molecular complexity index is 362. The molecule has 0 unspecified atom stereocenters. The predicted molar refractivity (Wildman–Crippen MR) is 72.1 cm³/mol. The van der Waals surface area contributed by atoms with Gasteiger partial charge in [-0.1, -0.05) is 13.8 Å². The van der Waals surface area contributed by atoms with E-state index in [-0.39, 0.29) is 5.91 Å². The van der Waals surface area contributed by atoms with Crippen molar-refractivity contribution in [3.8, 4) is 0 Å². The Labute approximate surface area is 104 Å². The lowest BCUT2D eigenvalue weighted by atomic mass is 10.1. The highest BCUT2D eigenvalue weighted by atomic mass is 16.2. The van der Waals surface area contributed by atoms with E-state index >= 15 is 0 Å². The molecule has 1 aromatic carbocycles. The third kappa shape index (κ3) is 3.77. The average Bonchev–Trinajstić information content (AvgIpc) is 2.26. The molecule has 0 fully saturated rings. The maximum absolute atomic E-state index is 12.3. The van der Waals surface area contributed by atoms with Gasteiger partial charge in [-0.05, 0) is 43.5 Å². The van der Waals surface area contributed by atoms with Crippen molar-refractivity contribution in [2.24, 2.45) is 0 Å². The van der Waals surface area contributed by atoms with E-state index in [0.717, 1.165) is 31.5 Å². The number of aryl methyl sites for hydroxylation is 1. The van der Waals surface area contributed by atoms with Gasteiger partial charge < -0.3 is 10.6 Å². The minimum absolute atomic E-state index is 0.0871. The summed E-state index contributed by atoms with van der Waals surface area (Å²) in [6.07, 6.45) is 1.96. The van der Waals surface area contributed by atoms with Crippen LogP contribution in [-0.4, -0.2) is 23.9 Å². The van der Waals surface area contributed by atoms with Crippen LogP contribution in [0.4, 0.5) is 5.69 Å². The molecular weight excluding hydrogens is 212 g/mol. The molecule has 0 aliphatic rings. The van der Waals surface area contributed by atoms with E-state index in [1.54, 1.807) is 6.07 Å². The van der Waals surface area contributed by atoms with Gasteiger partial charge in [0, 0.05) is 24.3 Å². The molecule has 17 heavy (non-hydrogen) atoms. The fraction of sp³-hybridized carbons (Fsp3) is 0.500. The number of carbonyl (C=O) groups is 1. The first-order valence-corrected chi connectivity index (χ1v) is 6.25. The fourth-order valence-electron chi connectivity index (χ4n) is 1.97. The summed E-state index contributed by atoms with van der Waals surface area (Å²) in [6.45, 7) is 7.74. The number of hydrogen-bond acceptors (Lipinski definition) is 2. The number of hydrogen-bond donors (Lipinski definition) is 1. The average molecular weight is 234 g/mol. The van der Waals surface area contributed by atoms with Crippen LogP contribution in [0.1, 0.15) is 42.6 Å². The van der Waals surface area contributed by atoms with E-state index in [1.165, 1.54) is 0 Å². The third-order valence-electron chi connectivity index (χ3n) is 2.62. The topological polar surface area (TPSA) is 46.3 Å². The van der Waals surface area contributed by atoms with Crippen molar-refractivity contribution in [2.75, 3.05) is 18.8 Å². The van der Waals surface area contributed by atoms with Gasteiger partial charge in [-0.3, -0.25) is 4.79 Å². The number of carbonyl (C=O) groups excluding carboxylic acids is 1. The number of amides is 1. The first kappa shape index (κ1) is 13.6. The standard InChI is InChI=1S/C14H22N2O/c1-4-6-16(7-5-2)14(17)12-8-11(3)9-13(15)10-12/h8-10H,4-7,15H2,1-3H3. The molecule has 0 spiro atoms. The molecule has 0 saturated carbocycles. The van der Waals surface area contributed by atoms with Crippen LogP contribution in [0.3, 0.4) is 0 Å². The summed E-state index contributed by atoms with van der Waals surface area (Å²) < 4.78 is 0. The minimum Gasteiger partial charge on any atom is -0.399 e. The van der Waals surface area contributed by atoms with E-state index in [4.69, 9.17) is 5.73 Å². The Morgan fingerprint density at radius 3 is 2.24 bits per heavy atom. The van der Waals surface area contributed by atoms with E-state index < -0.39 is 0 Å². The summed E-state index contributed by atoms with van der Waals surface area (Å²) in [5.74, 6) is 0.0871. The van der Waals surface area contributed by atoms with Crippen LogP contribution in [0.5, 0.6) is 0 Å². The third-order valence-corrected chi connectivity index (χ3v) is 2.62. The van der Waals surface area contributed by atoms with Crippen LogP contribution in [0.15, 0.2) is 18.2 Å². The van der Waals surface area contributed by atoms with Gasteiger partial charge in [0.2, 0.25) is 0 Å². The summed E-state index contributed by atoms with van der Waals surface area (Å²) in [4.78, 5) is 14.2. The Hall–Kier alpha value is -1.51. The lowest BCUT2D eigenvalue weighted by molar-refractivity contribution is 0.0755. The smallest absolute Gasteiger partial charge is 0.253 e. The summed E-state index contributed by atoms with van der Waals surface area (Å²) >= 11 is 0. The zero-order chi connectivity index (χ0) is 12.8. The molecule has 1 amide bonds. The van der Waals surface area contributed by atoms with E-state index in [1.807, 2.05) is 24.0 Å². The van der Waals surface area contributed by atoms with Crippen LogP contribution < -0.4 is 5.73 Å². The van der Waals surface area contributed by atoms with Crippen LogP contribution in [0.25, 0.3) is 0 Å². The molecule has 0 radical (unpaired) electrons. The van der Waals surface area contributed by atoms with Crippen LogP contribution in [0, 0.1) is 6.92 Å². The summed E-state index contributed by atoms with van der Waals surface area (Å²) in [5.41, 5.74) is 8.16. The highest BCUT2D eigenvalue weighted by Crippen LogP contribution is 2.14. The van der Waals surface area contributed by atoms with Crippen molar-refractivity contribution in [1.82, 2.24) is 4.90 Å². The second kappa shape index (κ2) is 6.28. The molecule has 0 atom stereocenters. The molecule has 1 aromatic rings. The van der Waals surface area contributed by atoms with Crippen LogP contribution in [-0.2, 0) is 0 Å². The summed E-state index contributed by atoms with van der Waals surface area (Å²) in [5, 5.41) is 0. The number of nitrogens with zero attached hydrogens (tertiary/aromatic N) is 1. The SMILES string of the molecule is CCCN(CCC)C(=O)c1cc(C)cc(N)c1. The zero-order valence-corrected chi connectivity index (χ0v) is 11.0. The zero-order valence-electron chi connectivity index (χ0n) is 11.0. The van der Waals surface area contributed by atoms with Crippen LogP contribution in [0.2, 0.25) is 0 Å². The molecule has 0 bridgehead atoms. The van der Waals surface area contributed by atoms with Crippen molar-refractivity contribution < 1.29 is 4.79 Å². The molecule has 0 aliphatic carbocycles. The number of nitrogens with two attached hydrogens (primary N) is 1. The van der Waals surface area contributed by atoms with Gasteiger partial charge in [0.25, 0.3) is 5.91 Å². The van der Waals surface area contributed by atoms with Crippen molar-refractivity contribution in [3.63, 3.8) is 0 Å². The molecule has 0 saturated heterocycles. The lowest BCUT2D eigenvalue weighted by Gasteiger charge is -2.21. The van der Waals surface area contributed by atoms with Crippen LogP contribution >= 0.6 is 0 Å². The summed E-state index contributed by atoms with van der Waals surface area (Å²) in [6, 6.07) is 5.53. The second-order valence-corrected chi connectivity index (χ2v) is 4.42. The Morgan fingerprint density at radius 1 is 1.18 bits per heavy atom. The molecule has 94 valence electrons. The van der Waals surface area contributed by atoms with Gasteiger partial charge in [-0.25, -0.2) is 0 Å². The van der Waals surface area contributed by atoms with Crippen molar-refractivity contribution in [2.45, 2.75) is 33.6 Å². The van der Waals surface area contributed by atoms with E-state index in [2.05, 4.69) is 13.8 Å². The maximum atomic E-state index is 12.3. The number of rotatable bonds is 5. The first-order chi connectivity index (χ1) is 8.08. The molecule has 3 heteroatoms. The molecule has 2 N–H and O–H groups in total. The summed E-state index contributed by atoms with van der Waals surface area (Å²) in [7, 11) is 0. The monoisotopic (exact) mass is 234 g/mol. The molecular formula is C14H22N2O. The fourth-order valence-corrected chi connectivity index (χ4v) is 1.97. The molecule has 0 aromatic heterocycles. The Morgan fingerprint density at radius 2 is 1.76 bits per heavy atom. The minimum atomic E-state index is 0.0871. The van der Waals surface area contributed by atoms with Gasteiger partial charge in [-0.2, -0.15) is 0 Å². The van der Waals surface area contributed by atoms with Gasteiger partial charge in [0.05, 0.1) is 0 Å². The van der Waals surface area contributed by atoms with Crippen molar-refractivity contribution in [1.29, 1.82) is 0 Å². The quantitative estimate of drug-likeness (QED) is 0.796. The van der Waals surface area contributed by atoms with Gasteiger partial charge in [0.15, 0.2) is 0 Å². The van der Waals surface area contributed by atoms with E-state index in [0.29, 0.717) is 11.3 Å². The second-order valence-electron chi connectivity index (χ2n) is 4.42. The first-order valence-electron chi connectivity index (χ1n) is 6.25. The lowest BCUT2D eigenvalue weighted by Crippen LogP contribution is -2.32. The van der Waals surface area contributed by atoms with Gasteiger partial charge in [0.1, 0.15) is 0 Å². The highest BCUT2D eigenvalue weighted by molar-refractivity contribution is 5.95. The Kier molecular flexibility index (Phi) is 5.01. The molecule has 0 aliphatic heterocycles. The maximum Gasteiger partial charge on any atom is 0.253 e. The molecule has 0 heterocycles. The normalized spacial score (nSPS) is 10.3. The van der Waals surface area contributed by atoms with Gasteiger partial charge >= 0.3 is 0 Å².